The van der Waals surface area contributed by atoms with Crippen LogP contribution in [0.5, 0.6) is 0 Å². The van der Waals surface area contributed by atoms with Crippen LogP contribution in [0.15, 0.2) is 10.7 Å². The minimum absolute atomic E-state index is 0.0534. The quantitative estimate of drug-likeness (QED) is 0.670. The third-order valence-electron chi connectivity index (χ3n) is 1.20. The lowest BCUT2D eigenvalue weighted by Gasteiger charge is -1.98. The van der Waals surface area contributed by atoms with Gasteiger partial charge in [0, 0.05) is 13.1 Å². The van der Waals surface area contributed by atoms with Crippen LogP contribution >= 0.6 is 15.9 Å². The number of aryl methyl sites for hydroxylation is 1. The normalized spacial score (nSPS) is 9.73. The molecular formula is C7H7BrN2O. The van der Waals surface area contributed by atoms with Crippen molar-refractivity contribution in [1.29, 1.82) is 0 Å². The number of carbonyl (C=O) groups excluding carboxylic acids is 1. The minimum Gasteiger partial charge on any atom is -0.293 e. The van der Waals surface area contributed by atoms with Crippen LogP contribution in [0.3, 0.4) is 0 Å². The molecular weight excluding hydrogens is 208 g/mol. The predicted molar refractivity (Wildman–Crippen MR) is 44.5 cm³/mol. The van der Waals surface area contributed by atoms with Gasteiger partial charge in [0.25, 0.3) is 0 Å². The summed E-state index contributed by atoms with van der Waals surface area (Å²) in [4.78, 5) is 18.8. The molecule has 4 heteroatoms. The van der Waals surface area contributed by atoms with Gasteiger partial charge in [0.2, 0.25) is 0 Å². The van der Waals surface area contributed by atoms with Crippen molar-refractivity contribution in [3.8, 4) is 0 Å². The lowest BCUT2D eigenvalue weighted by atomic mass is 10.3. The zero-order chi connectivity index (χ0) is 8.43. The van der Waals surface area contributed by atoms with Crippen LogP contribution in [0.4, 0.5) is 0 Å². The number of ketones is 1. The summed E-state index contributed by atoms with van der Waals surface area (Å²) in [6, 6.07) is 0. The Hall–Kier alpha value is -0.770. The molecule has 0 radical (unpaired) electrons. The summed E-state index contributed by atoms with van der Waals surface area (Å²) in [6.45, 7) is 3.23. The molecule has 0 saturated heterocycles. The second kappa shape index (κ2) is 3.09. The molecule has 0 aliphatic carbocycles. The molecule has 0 aliphatic heterocycles. The Morgan fingerprint density at radius 2 is 2.27 bits per heavy atom. The fraction of sp³-hybridized carbons (Fsp3) is 0.286. The highest BCUT2D eigenvalue weighted by molar-refractivity contribution is 9.10. The number of aromatic nitrogens is 2. The largest absolute Gasteiger partial charge is 0.293 e. The third kappa shape index (κ3) is 1.83. The number of nitrogens with zero attached hydrogens (tertiary/aromatic N) is 2. The third-order valence-corrected chi connectivity index (χ3v) is 1.78. The molecule has 0 amide bonds. The van der Waals surface area contributed by atoms with E-state index in [9.17, 15) is 4.79 Å². The molecule has 0 spiro atoms. The van der Waals surface area contributed by atoms with Crippen molar-refractivity contribution in [2.45, 2.75) is 13.8 Å². The summed E-state index contributed by atoms with van der Waals surface area (Å²) in [5, 5.41) is 0. The number of rotatable bonds is 1. The van der Waals surface area contributed by atoms with Gasteiger partial charge in [0.1, 0.15) is 11.5 Å². The van der Waals surface area contributed by atoms with E-state index in [0.717, 1.165) is 0 Å². The fourth-order valence-corrected chi connectivity index (χ4v) is 1.17. The zero-order valence-electron chi connectivity index (χ0n) is 6.26. The zero-order valence-corrected chi connectivity index (χ0v) is 7.84. The predicted octanol–water partition coefficient (Wildman–Crippen LogP) is 1.75. The van der Waals surface area contributed by atoms with Gasteiger partial charge in [0.15, 0.2) is 5.78 Å². The van der Waals surface area contributed by atoms with Crippen molar-refractivity contribution in [1.82, 2.24) is 9.97 Å². The first-order valence-corrected chi connectivity index (χ1v) is 3.90. The molecule has 1 heterocycles. The van der Waals surface area contributed by atoms with E-state index in [1.807, 2.05) is 0 Å². The molecule has 1 rings (SSSR count). The van der Waals surface area contributed by atoms with Crippen molar-refractivity contribution < 1.29 is 4.79 Å². The van der Waals surface area contributed by atoms with Crippen LogP contribution in [0.1, 0.15) is 23.2 Å². The first-order chi connectivity index (χ1) is 5.11. The summed E-state index contributed by atoms with van der Waals surface area (Å²) in [6.07, 6.45) is 1.58. The first-order valence-electron chi connectivity index (χ1n) is 3.11. The van der Waals surface area contributed by atoms with Crippen LogP contribution in [0.2, 0.25) is 0 Å². The molecule has 0 unspecified atom stereocenters. The van der Waals surface area contributed by atoms with Crippen molar-refractivity contribution in [2.24, 2.45) is 0 Å². The highest BCUT2D eigenvalue weighted by atomic mass is 79.9. The molecule has 0 bridgehead atoms. The highest BCUT2D eigenvalue weighted by Gasteiger charge is 2.06. The van der Waals surface area contributed by atoms with Gasteiger partial charge in [-0.05, 0) is 22.9 Å². The number of halogens is 1. The maximum absolute atomic E-state index is 10.9. The van der Waals surface area contributed by atoms with E-state index in [4.69, 9.17) is 0 Å². The number of hydrogen-bond acceptors (Lipinski definition) is 3. The van der Waals surface area contributed by atoms with Crippen molar-refractivity contribution >= 4 is 21.7 Å². The molecule has 0 aliphatic rings. The first kappa shape index (κ1) is 8.33. The van der Waals surface area contributed by atoms with Crippen LogP contribution in [0, 0.1) is 6.92 Å². The molecule has 0 atom stereocenters. The van der Waals surface area contributed by atoms with Crippen LogP contribution in [0.25, 0.3) is 0 Å². The van der Waals surface area contributed by atoms with Gasteiger partial charge < -0.3 is 0 Å². The Bertz CT molecular complexity index is 298. The minimum atomic E-state index is -0.0534. The maximum Gasteiger partial charge on any atom is 0.179 e. The van der Waals surface area contributed by atoms with Crippen LogP contribution in [-0.4, -0.2) is 15.8 Å². The van der Waals surface area contributed by atoms with Crippen LogP contribution < -0.4 is 0 Å². The molecule has 58 valence electrons. The van der Waals surface area contributed by atoms with Gasteiger partial charge in [-0.25, -0.2) is 9.97 Å². The van der Waals surface area contributed by atoms with Crippen molar-refractivity contribution in [3.63, 3.8) is 0 Å². The van der Waals surface area contributed by atoms with Gasteiger partial charge >= 0.3 is 0 Å². The molecule has 0 N–H and O–H groups in total. The van der Waals surface area contributed by atoms with Gasteiger partial charge in [-0.3, -0.25) is 4.79 Å². The van der Waals surface area contributed by atoms with Crippen molar-refractivity contribution in [2.75, 3.05) is 0 Å². The van der Waals surface area contributed by atoms with E-state index >= 15 is 0 Å². The van der Waals surface area contributed by atoms with Gasteiger partial charge in [-0.2, -0.15) is 0 Å². The number of Topliss-reactive ketones (excluding diaryl/α,β-unsaturated/α-hetero) is 1. The Morgan fingerprint density at radius 3 is 2.73 bits per heavy atom. The summed E-state index contributed by atoms with van der Waals surface area (Å²) in [7, 11) is 0. The topological polar surface area (TPSA) is 42.9 Å². The molecule has 11 heavy (non-hydrogen) atoms. The fourth-order valence-electron chi connectivity index (χ4n) is 0.702. The van der Waals surface area contributed by atoms with Gasteiger partial charge in [-0.15, -0.1) is 0 Å². The van der Waals surface area contributed by atoms with Gasteiger partial charge in [-0.1, -0.05) is 0 Å². The summed E-state index contributed by atoms with van der Waals surface area (Å²) < 4.78 is 0.649. The SMILES string of the molecule is CC(=O)c1nc(C)ncc1Br. The lowest BCUT2D eigenvalue weighted by molar-refractivity contribution is 0.101. The van der Waals surface area contributed by atoms with E-state index in [1.165, 1.54) is 6.92 Å². The van der Waals surface area contributed by atoms with Crippen LogP contribution in [-0.2, 0) is 0 Å². The molecule has 1 aromatic heterocycles. The summed E-state index contributed by atoms with van der Waals surface area (Å²) in [5.74, 6) is 0.556. The van der Waals surface area contributed by atoms with E-state index < -0.39 is 0 Å². The molecule has 0 fully saturated rings. The van der Waals surface area contributed by atoms with E-state index in [2.05, 4.69) is 25.9 Å². The molecule has 3 nitrogen and oxygen atoms in total. The molecule has 1 aromatic rings. The standard InChI is InChI=1S/C7H7BrN2O/c1-4(11)7-6(8)3-9-5(2)10-7/h3H,1-2H3. The average molecular weight is 215 g/mol. The Labute approximate surface area is 73.0 Å². The monoisotopic (exact) mass is 214 g/mol. The Kier molecular flexibility index (Phi) is 2.34. The van der Waals surface area contributed by atoms with E-state index in [1.54, 1.807) is 13.1 Å². The second-order valence-corrected chi connectivity index (χ2v) is 3.02. The van der Waals surface area contributed by atoms with Crippen molar-refractivity contribution in [3.05, 3.63) is 22.2 Å². The number of carbonyl (C=O) groups is 1. The smallest absolute Gasteiger partial charge is 0.179 e. The number of hydrogen-bond donors (Lipinski definition) is 0. The van der Waals surface area contributed by atoms with E-state index in [-0.39, 0.29) is 5.78 Å². The highest BCUT2D eigenvalue weighted by Crippen LogP contribution is 2.12. The van der Waals surface area contributed by atoms with Gasteiger partial charge in [0.05, 0.1) is 4.47 Å². The summed E-state index contributed by atoms with van der Waals surface area (Å²) >= 11 is 3.19. The maximum atomic E-state index is 10.9. The molecule has 0 saturated carbocycles. The lowest BCUT2D eigenvalue weighted by Crippen LogP contribution is -2.01. The summed E-state index contributed by atoms with van der Waals surface area (Å²) in [5.41, 5.74) is 0.442. The molecule has 0 aromatic carbocycles. The second-order valence-electron chi connectivity index (χ2n) is 2.17. The average Bonchev–Trinajstić information content (AvgIpc) is 1.94. The van der Waals surface area contributed by atoms with E-state index in [0.29, 0.717) is 16.0 Å². The Balaban J connectivity index is 3.23. The Morgan fingerprint density at radius 1 is 1.64 bits per heavy atom.